The molecule has 0 unspecified atom stereocenters. The number of carbonyl (C=O) groups excluding carboxylic acids is 7. The van der Waals surface area contributed by atoms with Gasteiger partial charge in [-0.15, -0.1) is 13.2 Å². The number of phenols is 1. The van der Waals surface area contributed by atoms with E-state index in [4.69, 9.17) is 25.7 Å². The van der Waals surface area contributed by atoms with Crippen molar-refractivity contribution in [2.24, 2.45) is 14.1 Å². The van der Waals surface area contributed by atoms with Crippen LogP contribution in [0.15, 0.2) is 268 Å². The van der Waals surface area contributed by atoms with Crippen LogP contribution < -0.4 is 46.9 Å². The number of ether oxygens (including phenoxy) is 3. The summed E-state index contributed by atoms with van der Waals surface area (Å²) in [5.74, 6) is 0.928. The van der Waals surface area contributed by atoms with E-state index in [2.05, 4.69) is 61.2 Å². The molecular formula is C97H104BN18O11. The monoisotopic (exact) mass is 1710 g/mol. The lowest BCUT2D eigenvalue weighted by molar-refractivity contribution is -0.189. The first-order valence-corrected chi connectivity index (χ1v) is 41.5. The Kier molecular flexibility index (Phi) is 28.4. The molecule has 9 N–H and O–H groups in total. The Bertz CT molecular complexity index is 5900. The zero-order valence-corrected chi connectivity index (χ0v) is 72.1. The van der Waals surface area contributed by atoms with E-state index in [-0.39, 0.29) is 121 Å². The van der Waals surface area contributed by atoms with Crippen LogP contribution in [0.4, 0.5) is 37.1 Å². The third-order valence-corrected chi connectivity index (χ3v) is 22.2. The summed E-state index contributed by atoms with van der Waals surface area (Å²) in [7, 11) is 7.06. The molecule has 4 aliphatic heterocycles. The van der Waals surface area contributed by atoms with Crippen LogP contribution in [0.1, 0.15) is 54.2 Å². The lowest BCUT2D eigenvalue weighted by Crippen LogP contribution is -2.76. The molecule has 3 radical (unpaired) electrons. The first kappa shape index (κ1) is 89.8. The summed E-state index contributed by atoms with van der Waals surface area (Å²) in [6.07, 6.45) is 9.40. The van der Waals surface area contributed by atoms with Gasteiger partial charge >= 0.3 is 18.1 Å². The Morgan fingerprint density at radius 1 is 0.512 bits per heavy atom. The number of fused-ring (bicyclic) bond motifs is 4. The van der Waals surface area contributed by atoms with E-state index in [1.54, 1.807) is 114 Å². The van der Waals surface area contributed by atoms with Crippen molar-refractivity contribution in [1.29, 1.82) is 0 Å². The highest BCUT2D eigenvalue weighted by atomic mass is 16.5. The number of methoxy groups -OCH3 is 2. The van der Waals surface area contributed by atoms with Gasteiger partial charge in [0.05, 0.1) is 75.2 Å². The Balaban J connectivity index is 0.000000197. The summed E-state index contributed by atoms with van der Waals surface area (Å²) in [6, 6.07) is 64.9. The Morgan fingerprint density at radius 2 is 0.937 bits per heavy atom. The number of hydrogen-bond acceptors (Lipinski definition) is 17. The maximum atomic E-state index is 14.8. The Labute approximate surface area is 739 Å². The van der Waals surface area contributed by atoms with Gasteiger partial charge in [-0.1, -0.05) is 158 Å². The number of hydrazine groups is 2. The molecule has 29 nitrogen and oxygen atoms in total. The van der Waals surface area contributed by atoms with Gasteiger partial charge in [0.25, 0.3) is 0 Å². The summed E-state index contributed by atoms with van der Waals surface area (Å²) in [5, 5.41) is 30.3. The minimum atomic E-state index is -0.925. The fourth-order valence-corrected chi connectivity index (χ4v) is 16.5. The number of rotatable bonds is 23. The zero-order chi connectivity index (χ0) is 88.9. The number of para-hydroxylation sites is 2. The molecule has 30 heteroatoms. The number of aromatic hydroxyl groups is 1. The van der Waals surface area contributed by atoms with Crippen molar-refractivity contribution in [2.45, 2.75) is 89.8 Å². The third kappa shape index (κ3) is 21.1. The van der Waals surface area contributed by atoms with Crippen molar-refractivity contribution in [3.05, 3.63) is 302 Å². The number of aromatic nitrogens is 4. The first-order valence-electron chi connectivity index (χ1n) is 41.5. The fraction of sp³-hybridized carbons (Fsp3) is 0.247. The number of nitrogen functional groups attached to an aromatic ring is 2. The molecule has 651 valence electrons. The number of carbonyl (C=O) groups is 7. The second kappa shape index (κ2) is 40.2. The largest absolute Gasteiger partial charge is 0.508 e. The minimum Gasteiger partial charge on any atom is -0.508 e. The highest BCUT2D eigenvalue weighted by Crippen LogP contribution is 2.39. The zero-order valence-electron chi connectivity index (χ0n) is 72.1. The van der Waals surface area contributed by atoms with Crippen LogP contribution in [0.2, 0.25) is 0 Å². The van der Waals surface area contributed by atoms with Crippen molar-refractivity contribution in [3.63, 3.8) is 0 Å². The maximum absolute atomic E-state index is 14.8. The van der Waals surface area contributed by atoms with Crippen LogP contribution in [0, 0.1) is 0 Å². The number of phenolic OH excluding ortho intramolecular Hbond substituents is 1. The maximum Gasteiger partial charge on any atom is 0.334 e. The molecule has 10 amide bonds. The summed E-state index contributed by atoms with van der Waals surface area (Å²) < 4.78 is 20.1. The van der Waals surface area contributed by atoms with E-state index in [1.165, 1.54) is 13.3 Å². The summed E-state index contributed by atoms with van der Waals surface area (Å²) in [4.78, 5) is 114. The highest BCUT2D eigenvalue weighted by molar-refractivity contribution is 6.02. The highest BCUT2D eigenvalue weighted by Gasteiger charge is 2.53. The molecule has 4 atom stereocenters. The summed E-state index contributed by atoms with van der Waals surface area (Å²) in [6.45, 7) is 15.4. The van der Waals surface area contributed by atoms with Crippen LogP contribution >= 0.6 is 0 Å². The van der Waals surface area contributed by atoms with Crippen molar-refractivity contribution in [1.82, 2.24) is 69.4 Å². The van der Waals surface area contributed by atoms with Crippen molar-refractivity contribution in [2.75, 3.05) is 75.6 Å². The molecule has 8 heterocycles. The van der Waals surface area contributed by atoms with E-state index in [9.17, 15) is 38.7 Å². The van der Waals surface area contributed by atoms with Crippen LogP contribution in [0.3, 0.4) is 0 Å². The Hall–Kier alpha value is -14.9. The van der Waals surface area contributed by atoms with Crippen LogP contribution in [0.5, 0.6) is 23.3 Å². The van der Waals surface area contributed by atoms with Gasteiger partial charge in [-0.2, -0.15) is 0 Å². The van der Waals surface area contributed by atoms with Gasteiger partial charge < -0.3 is 80.8 Å². The molecule has 0 spiro atoms. The van der Waals surface area contributed by atoms with Gasteiger partial charge in [-0.3, -0.25) is 19.2 Å². The smallest absolute Gasteiger partial charge is 0.334 e. The quantitative estimate of drug-likeness (QED) is 0.0178. The van der Waals surface area contributed by atoms with Crippen LogP contribution in [-0.4, -0.2) is 197 Å². The predicted octanol–water partition coefficient (Wildman–Crippen LogP) is 13.0. The molecule has 4 fully saturated rings. The summed E-state index contributed by atoms with van der Waals surface area (Å²) >= 11 is 0. The lowest BCUT2D eigenvalue weighted by Gasteiger charge is -2.55. The molecule has 0 bridgehead atoms. The number of anilines is 4. The van der Waals surface area contributed by atoms with Gasteiger partial charge in [0.2, 0.25) is 35.4 Å². The molecule has 4 aromatic heterocycles. The minimum absolute atomic E-state index is 0. The van der Waals surface area contributed by atoms with E-state index in [0.717, 1.165) is 83.2 Å². The third-order valence-electron chi connectivity index (χ3n) is 22.2. The molecule has 4 aliphatic rings. The summed E-state index contributed by atoms with van der Waals surface area (Å²) in [5.41, 5.74) is 24.7. The molecule has 8 aromatic carbocycles. The van der Waals surface area contributed by atoms with E-state index < -0.39 is 36.5 Å². The van der Waals surface area contributed by atoms with E-state index >= 15 is 0 Å². The van der Waals surface area contributed by atoms with Gasteiger partial charge in [0.1, 0.15) is 41.5 Å². The number of benzene rings is 8. The fourth-order valence-electron chi connectivity index (χ4n) is 16.5. The molecule has 12 aromatic rings. The van der Waals surface area contributed by atoms with Crippen LogP contribution in [-0.2, 0) is 72.3 Å². The van der Waals surface area contributed by atoms with Crippen molar-refractivity contribution in [3.8, 4) is 45.5 Å². The Morgan fingerprint density at radius 3 is 1.36 bits per heavy atom. The average Bonchev–Trinajstić information content (AvgIpc) is 1.58. The predicted molar refractivity (Wildman–Crippen MR) is 492 cm³/mol. The molecule has 16 rings (SSSR count). The molecule has 0 saturated carbocycles. The molecule has 0 aliphatic carbocycles. The number of nitrogens with zero attached hydrogens (tertiary/aromatic N) is 12. The molecule has 127 heavy (non-hydrogen) atoms. The second-order valence-corrected chi connectivity index (χ2v) is 32.2. The number of nitrogens with one attached hydrogen (secondary N) is 4. The second-order valence-electron chi connectivity index (χ2n) is 32.2. The number of aryl methyl sites for hydroxylation is 2. The van der Waals surface area contributed by atoms with Crippen molar-refractivity contribution >= 4 is 94.7 Å². The number of piperazine rings is 2. The number of amides is 10. The van der Waals surface area contributed by atoms with E-state index in [0.29, 0.717) is 41.1 Å². The van der Waals surface area contributed by atoms with Crippen molar-refractivity contribution < 1.29 is 52.9 Å². The SMILES string of the molecule is C=CCN1CC(=O)N2[C@@H](Cc3ccc(O)cc3)C(=O)N(Cc3cccc4c(-c5ccc(NC(=O)Nc6ccc(OC)nc6)cc5)cn(C)c34)C[C@@H]2N1C(=O)NCc1ccccc1.C=CCN1CC(=O)N2[C@@H](Cc3ccc(OC(C)(C)C)cc3)C(=O)N(Cc3cccc4c(-c5ccc(N)cc5)cn(C)c34)C[C@@H]2N1C(=O)NCc1ccccc1.COc1ccc(N)cn1.[B]. The van der Waals surface area contributed by atoms with Crippen LogP contribution in [0.25, 0.3) is 44.1 Å². The standard InChI is InChI=1S/C47H47N9O6.C44H49N7O4.C6H8N2O.B/c1-4-23-54-30-43(58)55-40(24-31-13-20-37(57)21-14-31)45(59)53(29-42(55)56(54)47(61)49-25-32-9-6-5-7-10-32)27-34-11-8-12-38-39(28-52(2)44(34)38)33-15-17-35(18-16-33)50-46(60)51-36-19-22-41(62-3)48-26-36;1-6-23-49-29-40(52)50-38(24-30-15-21-35(22-16-30)55-44(2,3)4)42(53)48(28-39(50)51(49)43(54)46-25-31-11-8-7-9-12-31)26-33-13-10-14-36-37(27-47(5)41(33)36)32-17-19-34(45)20-18-32;1-9-6-3-2-5(7)4-8-6;/h4-22,26,28,40,42,57H,1,23-25,27,29-30H2,2-3H3,(H,49,61)(H2,50,51,60);6-22,27,38-39H,1,23-26,28-29,45H2,2-5H3,(H,46,54);2-4H,7H2,1H3;/t40-,42-;38-,39-;;/m00../s1. The molecule has 4 saturated heterocycles. The van der Waals surface area contributed by atoms with E-state index in [1.807, 2.05) is 209 Å². The topological polar surface area (TPSA) is 329 Å². The number of pyridine rings is 2. The van der Waals surface area contributed by atoms with Gasteiger partial charge in [-0.05, 0) is 126 Å². The lowest BCUT2D eigenvalue weighted by atomic mass is 9.97. The number of nitrogens with two attached hydrogens (primary N) is 2. The van der Waals surface area contributed by atoms with Gasteiger partial charge in [0, 0.05) is 132 Å². The molecular weight excluding hydrogens is 1600 g/mol. The first-order chi connectivity index (χ1) is 60.8. The average molecular weight is 1710 g/mol. The normalized spacial score (nSPS) is 16.4. The number of hydrogen-bond donors (Lipinski definition) is 7. The number of urea groups is 3. The van der Waals surface area contributed by atoms with Gasteiger partial charge in [0.15, 0.2) is 0 Å². The van der Waals surface area contributed by atoms with Gasteiger partial charge in [-0.25, -0.2) is 44.4 Å².